The van der Waals surface area contributed by atoms with Crippen molar-refractivity contribution in [2.24, 2.45) is 14.1 Å². The summed E-state index contributed by atoms with van der Waals surface area (Å²) in [6, 6.07) is 152. The van der Waals surface area contributed by atoms with Gasteiger partial charge in [0.15, 0.2) is 0 Å². The van der Waals surface area contributed by atoms with Crippen LogP contribution in [0.1, 0.15) is 0 Å². The van der Waals surface area contributed by atoms with Gasteiger partial charge in [-0.05, 0) is 159 Å². The summed E-state index contributed by atoms with van der Waals surface area (Å²) in [5.41, 5.74) is 33.9. The van der Waals surface area contributed by atoms with Gasteiger partial charge in [0, 0.05) is 37.5 Å². The summed E-state index contributed by atoms with van der Waals surface area (Å²) in [6.45, 7) is 0. The Morgan fingerprint density at radius 3 is 1.05 bits per heavy atom. The van der Waals surface area contributed by atoms with E-state index in [-0.39, 0.29) is 42.1 Å². The van der Waals surface area contributed by atoms with Gasteiger partial charge in [-0.25, -0.2) is 0 Å². The van der Waals surface area contributed by atoms with Crippen LogP contribution in [0.4, 0.5) is 0 Å². The molecule has 0 aliphatic heterocycles. The summed E-state index contributed by atoms with van der Waals surface area (Å²) in [5, 5.41) is 4.54. The molecule has 0 aliphatic rings. The maximum atomic E-state index is 5.05. The van der Waals surface area contributed by atoms with Crippen molar-refractivity contribution in [3.05, 3.63) is 425 Å². The summed E-state index contributed by atoms with van der Waals surface area (Å²) < 4.78 is 8.91. The molecule has 0 aliphatic carbocycles. The Bertz CT molecular complexity index is 7490. The average molecular weight is 1900 g/mol. The molecule has 0 spiro atoms. The molecule has 0 radical (unpaired) electrons. The van der Waals surface area contributed by atoms with Gasteiger partial charge in [0.25, 0.3) is 0 Å². The largest absolute Gasteiger partial charge is 2.00 e. The third-order valence-corrected chi connectivity index (χ3v) is 22.8. The van der Waals surface area contributed by atoms with Crippen LogP contribution < -0.4 is 0 Å². The number of imidazole rings is 2. The van der Waals surface area contributed by atoms with Crippen molar-refractivity contribution in [2.75, 3.05) is 0 Å². The fourth-order valence-corrected chi connectivity index (χ4v) is 16.7. The fourth-order valence-electron chi connectivity index (χ4n) is 16.7. The van der Waals surface area contributed by atoms with Crippen LogP contribution in [0.15, 0.2) is 401 Å². The molecule has 120 heavy (non-hydrogen) atoms. The molecule has 22 aromatic rings. The molecule has 0 saturated heterocycles. The predicted octanol–water partition coefficient (Wildman–Crippen LogP) is 27.3. The van der Waals surface area contributed by atoms with Crippen LogP contribution in [0.3, 0.4) is 0 Å². The van der Waals surface area contributed by atoms with Gasteiger partial charge in [-0.3, -0.25) is 9.97 Å². The number of pyridine rings is 2. The zero-order chi connectivity index (χ0) is 78.6. The normalized spacial score (nSPS) is 11.3. The monoisotopic (exact) mass is 1890 g/mol. The van der Waals surface area contributed by atoms with Crippen molar-refractivity contribution >= 4 is 65.7 Å². The number of rotatable bonds is 14. The smallest absolute Gasteiger partial charge is 0.367 e. The first-order valence-electron chi connectivity index (χ1n) is 39.8. The second kappa shape index (κ2) is 32.7. The zero-order valence-corrected chi connectivity index (χ0v) is 69.9. The van der Waals surface area contributed by atoms with E-state index in [2.05, 4.69) is 421 Å². The van der Waals surface area contributed by atoms with Gasteiger partial charge < -0.3 is 28.2 Å². The molecule has 6 heterocycles. The zero-order valence-electron chi connectivity index (χ0n) is 65.3. The van der Waals surface area contributed by atoms with Crippen molar-refractivity contribution in [1.29, 1.82) is 0 Å². The molecule has 0 fully saturated rings. The second-order valence-corrected chi connectivity index (χ2v) is 29.9. The van der Waals surface area contributed by atoms with Crippen LogP contribution in [0.5, 0.6) is 0 Å². The molecular formula is C110H72N8Pt2. The van der Waals surface area contributed by atoms with Crippen molar-refractivity contribution < 1.29 is 42.1 Å². The number of nitrogens with zero attached hydrogens (tertiary/aromatic N) is 8. The standard InChI is InChI=1S/2C55H36N4.2Pt/c1-58-52-19-11-9-17-50(52)57-55(58)44-29-32-48-47-16-8-10-18-51(47)59(54(48)35-44)53-34-43(28-31-46(53)42-26-24-40(25-27-42)38-14-6-3-7-15-38)49-33-30-45(36-56-49)41-22-20-39(21-23-41)37-12-4-2-5-13-37;1-58-53-18-9-8-17-51(53)57-55(58)45-27-30-48-49-34-43(41-23-19-39(20-24-41)37-11-4-2-5-12-37)29-32-52(49)59(54(48)35-45)47-16-10-15-44(33-47)50-31-28-46(36-56-50)42-25-21-40(22-26-42)38-13-6-3-7-14-38;;/h2-33,36H,1H3;2-32,34,36H,1H3;;/q2*-2;2*+2. The Labute approximate surface area is 724 Å². The Balaban J connectivity index is 0.000000156. The van der Waals surface area contributed by atoms with E-state index in [1.54, 1.807) is 0 Å². The summed E-state index contributed by atoms with van der Waals surface area (Å²) in [7, 11) is 4.15. The minimum Gasteiger partial charge on any atom is -0.367 e. The molecule has 572 valence electrons. The molecule has 0 saturated carbocycles. The minimum absolute atomic E-state index is 0. The molecule has 0 atom stereocenters. The number of aromatic nitrogens is 8. The molecule has 0 N–H and O–H groups in total. The van der Waals surface area contributed by atoms with Crippen molar-refractivity contribution in [3.63, 3.8) is 0 Å². The van der Waals surface area contributed by atoms with Crippen LogP contribution in [-0.4, -0.2) is 38.2 Å². The number of fused-ring (bicyclic) bond motifs is 8. The van der Waals surface area contributed by atoms with E-state index >= 15 is 0 Å². The van der Waals surface area contributed by atoms with E-state index in [4.69, 9.17) is 19.9 Å². The Morgan fingerprint density at radius 2 is 0.592 bits per heavy atom. The SMILES string of the molecule is Cn1c(-c2[c-]c3c(cc2)c2cc(-c4ccc(-c5ccccc5)cc4)ccc2n3-c2[c-]c(-c3ccc(-c4ccc(-c5ccccc5)cc4)cn3)ccc2)nc2ccccc21.Cn1c(-c2[c-]c3c(cc2)c2ccccc2n3-c2[c-]c(-c3ccc(-c4ccc(-c5ccccc5)cc4)cn3)ccc2-c2ccc(-c3ccccc3)cc2)nc2ccccc21.[Pt+2].[Pt+2]. The molecular weight excluding hydrogens is 1820 g/mol. The molecule has 22 rings (SSSR count). The topological polar surface area (TPSA) is 71.3 Å². The van der Waals surface area contributed by atoms with Crippen LogP contribution in [0.25, 0.3) is 211 Å². The van der Waals surface area contributed by atoms with E-state index in [1.165, 1.54) is 50.1 Å². The summed E-state index contributed by atoms with van der Waals surface area (Å²) in [5.74, 6) is 1.75. The molecule has 6 aromatic heterocycles. The number of para-hydroxylation sites is 5. The summed E-state index contributed by atoms with van der Waals surface area (Å²) >= 11 is 0. The van der Waals surface area contributed by atoms with E-state index in [9.17, 15) is 0 Å². The summed E-state index contributed by atoms with van der Waals surface area (Å²) in [6.07, 6.45) is 3.92. The van der Waals surface area contributed by atoms with Gasteiger partial charge in [-0.2, -0.15) is 0 Å². The third kappa shape index (κ3) is 14.3. The van der Waals surface area contributed by atoms with Crippen molar-refractivity contribution in [1.82, 2.24) is 38.2 Å². The Morgan fingerprint density at radius 1 is 0.233 bits per heavy atom. The van der Waals surface area contributed by atoms with Gasteiger partial charge in [0.2, 0.25) is 0 Å². The van der Waals surface area contributed by atoms with Crippen LogP contribution in [-0.2, 0) is 56.2 Å². The van der Waals surface area contributed by atoms with E-state index in [1.807, 2.05) is 36.7 Å². The van der Waals surface area contributed by atoms with Crippen LogP contribution >= 0.6 is 0 Å². The van der Waals surface area contributed by atoms with Gasteiger partial charge in [0.1, 0.15) is 0 Å². The molecule has 0 bridgehead atoms. The molecule has 16 aromatic carbocycles. The first-order chi connectivity index (χ1) is 58.3. The Hall–Kier alpha value is -14.3. The maximum absolute atomic E-state index is 5.05. The van der Waals surface area contributed by atoms with E-state index < -0.39 is 0 Å². The first-order valence-corrected chi connectivity index (χ1v) is 39.8. The Kier molecular flexibility index (Phi) is 20.6. The summed E-state index contributed by atoms with van der Waals surface area (Å²) in [4.78, 5) is 20.1. The van der Waals surface area contributed by atoms with Crippen LogP contribution in [0, 0.1) is 24.3 Å². The van der Waals surface area contributed by atoms with Gasteiger partial charge in [-0.1, -0.05) is 319 Å². The van der Waals surface area contributed by atoms with Crippen LogP contribution in [0.2, 0.25) is 0 Å². The minimum atomic E-state index is 0. The molecule has 0 amide bonds. The predicted molar refractivity (Wildman–Crippen MR) is 486 cm³/mol. The van der Waals surface area contributed by atoms with Gasteiger partial charge in [-0.15, -0.1) is 101 Å². The number of hydrogen-bond donors (Lipinski definition) is 0. The molecule has 0 unspecified atom stereocenters. The van der Waals surface area contributed by atoms with Gasteiger partial charge in [0.05, 0.1) is 33.7 Å². The molecule has 8 nitrogen and oxygen atoms in total. The third-order valence-electron chi connectivity index (χ3n) is 22.8. The first kappa shape index (κ1) is 75.8. The fraction of sp³-hybridized carbons (Fsp3) is 0.0182. The number of benzene rings is 16. The van der Waals surface area contributed by atoms with E-state index in [0.717, 1.165) is 161 Å². The average Bonchev–Trinajstić information content (AvgIpc) is 1.58. The van der Waals surface area contributed by atoms with Gasteiger partial charge >= 0.3 is 42.1 Å². The number of aryl methyl sites for hydroxylation is 2. The van der Waals surface area contributed by atoms with E-state index in [0.29, 0.717) is 0 Å². The maximum Gasteiger partial charge on any atom is 2.00 e. The second-order valence-electron chi connectivity index (χ2n) is 29.9. The van der Waals surface area contributed by atoms with Crippen molar-refractivity contribution in [3.8, 4) is 146 Å². The quantitative estimate of drug-likeness (QED) is 0.102. The molecule has 10 heteroatoms. The number of hydrogen-bond acceptors (Lipinski definition) is 4. The van der Waals surface area contributed by atoms with Crippen molar-refractivity contribution in [2.45, 2.75) is 0 Å².